The molecule has 0 saturated carbocycles. The predicted octanol–water partition coefficient (Wildman–Crippen LogP) is 1.47. The average molecular weight is 277 g/mol. The van der Waals surface area contributed by atoms with E-state index in [9.17, 15) is 9.59 Å². The molecule has 1 aliphatic rings. The number of ether oxygens (including phenoxy) is 1. The predicted molar refractivity (Wildman–Crippen MR) is 76.7 cm³/mol. The van der Waals surface area contributed by atoms with Crippen LogP contribution in [0.1, 0.15) is 26.7 Å². The number of nitrogens with one attached hydrogen (secondary N) is 2. The van der Waals surface area contributed by atoms with Gasteiger partial charge in [-0.3, -0.25) is 9.59 Å². The fraction of sp³-hybridized carbons (Fsp3) is 0.429. The minimum absolute atomic E-state index is 0.00143. The van der Waals surface area contributed by atoms with E-state index in [1.165, 1.54) is 0 Å². The summed E-state index contributed by atoms with van der Waals surface area (Å²) < 4.78 is 5.44. The highest BCUT2D eigenvalue weighted by Gasteiger charge is 2.23. The summed E-state index contributed by atoms with van der Waals surface area (Å²) in [6.45, 7) is 3.54. The third kappa shape index (κ3) is 3.48. The number of hydrogen-bond acceptors (Lipinski definition) is 4. The van der Waals surface area contributed by atoms with Crippen LogP contribution in [0.2, 0.25) is 0 Å². The first-order chi connectivity index (χ1) is 9.45. The van der Waals surface area contributed by atoms with Gasteiger partial charge in [0.2, 0.25) is 5.91 Å². The van der Waals surface area contributed by atoms with Gasteiger partial charge in [-0.2, -0.15) is 0 Å². The number of hydrogen-bond donors (Lipinski definition) is 3. The third-order valence-electron chi connectivity index (χ3n) is 3.02. The summed E-state index contributed by atoms with van der Waals surface area (Å²) in [6.07, 6.45) is 0.497. The van der Waals surface area contributed by atoms with Crippen molar-refractivity contribution in [3.63, 3.8) is 0 Å². The Balaban J connectivity index is 2.02. The summed E-state index contributed by atoms with van der Waals surface area (Å²) in [6, 6.07) is 5.15. The molecule has 2 rings (SSSR count). The van der Waals surface area contributed by atoms with Gasteiger partial charge in [-0.1, -0.05) is 0 Å². The van der Waals surface area contributed by atoms with Crippen LogP contribution in [0.25, 0.3) is 0 Å². The molecule has 1 aromatic carbocycles. The van der Waals surface area contributed by atoms with Gasteiger partial charge in [-0.05, 0) is 38.5 Å². The van der Waals surface area contributed by atoms with Gasteiger partial charge < -0.3 is 21.1 Å². The first kappa shape index (κ1) is 14.3. The van der Waals surface area contributed by atoms with E-state index >= 15 is 0 Å². The van der Waals surface area contributed by atoms with Crippen molar-refractivity contribution >= 4 is 23.2 Å². The maximum Gasteiger partial charge on any atom is 0.265 e. The van der Waals surface area contributed by atoms with Gasteiger partial charge in [-0.15, -0.1) is 0 Å². The molecule has 0 radical (unpaired) electrons. The largest absolute Gasteiger partial charge is 0.479 e. The smallest absolute Gasteiger partial charge is 0.265 e. The van der Waals surface area contributed by atoms with Gasteiger partial charge in [0.25, 0.3) is 5.91 Å². The van der Waals surface area contributed by atoms with E-state index in [1.807, 2.05) is 6.92 Å². The van der Waals surface area contributed by atoms with Crippen LogP contribution in [-0.4, -0.2) is 24.0 Å². The first-order valence-electron chi connectivity index (χ1n) is 6.62. The number of carbonyl (C=O) groups is 2. The number of amides is 2. The quantitative estimate of drug-likeness (QED) is 0.777. The number of rotatable bonds is 4. The van der Waals surface area contributed by atoms with Crippen molar-refractivity contribution in [2.75, 3.05) is 10.6 Å². The molecule has 6 nitrogen and oxygen atoms in total. The second-order valence-electron chi connectivity index (χ2n) is 5.02. The van der Waals surface area contributed by atoms with Crippen molar-refractivity contribution in [3.05, 3.63) is 18.2 Å². The first-order valence-corrected chi connectivity index (χ1v) is 6.62. The summed E-state index contributed by atoms with van der Waals surface area (Å²) in [5.74, 6) is 0.308. The molecule has 2 amide bonds. The average Bonchev–Trinajstić information content (AvgIpc) is 2.38. The lowest BCUT2D eigenvalue weighted by Gasteiger charge is -2.23. The molecule has 1 aliphatic heterocycles. The van der Waals surface area contributed by atoms with Crippen molar-refractivity contribution in [3.8, 4) is 5.75 Å². The summed E-state index contributed by atoms with van der Waals surface area (Å²) in [4.78, 5) is 23.2. The highest BCUT2D eigenvalue weighted by molar-refractivity contribution is 5.99. The topological polar surface area (TPSA) is 93.5 Å². The van der Waals surface area contributed by atoms with Crippen LogP contribution in [0.4, 0.5) is 11.4 Å². The fourth-order valence-electron chi connectivity index (χ4n) is 1.87. The number of nitrogens with two attached hydrogens (primary N) is 1. The van der Waals surface area contributed by atoms with Crippen LogP contribution in [0.15, 0.2) is 18.2 Å². The van der Waals surface area contributed by atoms with E-state index < -0.39 is 6.10 Å². The second-order valence-corrected chi connectivity index (χ2v) is 5.02. The zero-order valence-corrected chi connectivity index (χ0v) is 11.6. The van der Waals surface area contributed by atoms with Gasteiger partial charge >= 0.3 is 0 Å². The van der Waals surface area contributed by atoms with Crippen LogP contribution < -0.4 is 21.1 Å². The maximum atomic E-state index is 11.7. The van der Waals surface area contributed by atoms with E-state index in [-0.39, 0.29) is 17.9 Å². The Bertz CT molecular complexity index is 528. The maximum absolute atomic E-state index is 11.7. The van der Waals surface area contributed by atoms with Gasteiger partial charge in [-0.25, -0.2) is 0 Å². The molecule has 0 aromatic heterocycles. The Labute approximate surface area is 117 Å². The summed E-state index contributed by atoms with van der Waals surface area (Å²) in [5.41, 5.74) is 6.80. The summed E-state index contributed by atoms with van der Waals surface area (Å²) >= 11 is 0. The van der Waals surface area contributed by atoms with Gasteiger partial charge in [0, 0.05) is 18.2 Å². The molecule has 0 bridgehead atoms. The molecule has 0 fully saturated rings. The van der Waals surface area contributed by atoms with Crippen LogP contribution in [0.5, 0.6) is 5.75 Å². The summed E-state index contributed by atoms with van der Waals surface area (Å²) in [7, 11) is 0. The fourth-order valence-corrected chi connectivity index (χ4v) is 1.87. The van der Waals surface area contributed by atoms with Crippen LogP contribution in [-0.2, 0) is 9.59 Å². The molecular formula is C14H19N3O3. The van der Waals surface area contributed by atoms with Crippen LogP contribution in [0.3, 0.4) is 0 Å². The monoisotopic (exact) mass is 277 g/mol. The van der Waals surface area contributed by atoms with Crippen LogP contribution >= 0.6 is 0 Å². The molecule has 0 aliphatic carbocycles. The molecule has 108 valence electrons. The van der Waals surface area contributed by atoms with Crippen molar-refractivity contribution in [2.45, 2.75) is 38.8 Å². The Kier molecular flexibility index (Phi) is 4.24. The SMILES string of the molecule is CC(N)CCC(=O)Nc1ccc2c(c1)NC(=O)C(C)O2. The van der Waals surface area contributed by atoms with Crippen molar-refractivity contribution in [2.24, 2.45) is 5.73 Å². The van der Waals surface area contributed by atoms with E-state index in [0.717, 1.165) is 0 Å². The van der Waals surface area contributed by atoms with Gasteiger partial charge in [0.1, 0.15) is 5.75 Å². The summed E-state index contributed by atoms with van der Waals surface area (Å²) in [5, 5.41) is 5.51. The van der Waals surface area contributed by atoms with Crippen LogP contribution in [0, 0.1) is 0 Å². The highest BCUT2D eigenvalue weighted by atomic mass is 16.5. The van der Waals surface area contributed by atoms with Crippen molar-refractivity contribution in [1.82, 2.24) is 0 Å². The molecule has 0 saturated heterocycles. The molecule has 6 heteroatoms. The van der Waals surface area contributed by atoms with Gasteiger partial charge in [0.15, 0.2) is 6.10 Å². The minimum Gasteiger partial charge on any atom is -0.479 e. The number of benzene rings is 1. The van der Waals surface area contributed by atoms with Crippen molar-refractivity contribution < 1.29 is 14.3 Å². The Morgan fingerprint density at radius 3 is 3.00 bits per heavy atom. The van der Waals surface area contributed by atoms with E-state index in [1.54, 1.807) is 25.1 Å². The lowest BCUT2D eigenvalue weighted by molar-refractivity contribution is -0.122. The minimum atomic E-state index is -0.506. The Morgan fingerprint density at radius 1 is 1.55 bits per heavy atom. The van der Waals surface area contributed by atoms with E-state index in [2.05, 4.69) is 10.6 Å². The zero-order chi connectivity index (χ0) is 14.7. The molecule has 1 heterocycles. The molecule has 4 N–H and O–H groups in total. The normalized spacial score (nSPS) is 18.6. The molecule has 20 heavy (non-hydrogen) atoms. The molecular weight excluding hydrogens is 258 g/mol. The second kappa shape index (κ2) is 5.92. The molecule has 2 atom stereocenters. The standard InChI is InChI=1S/C14H19N3O3/c1-8(15)3-6-13(18)16-10-4-5-12-11(7-10)17-14(19)9(2)20-12/h4-5,7-9H,3,6,15H2,1-2H3,(H,16,18)(H,17,19). The highest BCUT2D eigenvalue weighted by Crippen LogP contribution is 2.32. The lowest BCUT2D eigenvalue weighted by atomic mass is 10.1. The molecule has 1 aromatic rings. The Hall–Kier alpha value is -2.08. The van der Waals surface area contributed by atoms with E-state index in [4.69, 9.17) is 10.5 Å². The zero-order valence-electron chi connectivity index (χ0n) is 11.6. The molecule has 2 unspecified atom stereocenters. The lowest BCUT2D eigenvalue weighted by Crippen LogP contribution is -2.34. The third-order valence-corrected chi connectivity index (χ3v) is 3.02. The number of fused-ring (bicyclic) bond motifs is 1. The molecule has 0 spiro atoms. The number of carbonyl (C=O) groups excluding carboxylic acids is 2. The Morgan fingerprint density at radius 2 is 2.30 bits per heavy atom. The van der Waals surface area contributed by atoms with Gasteiger partial charge in [0.05, 0.1) is 5.69 Å². The number of anilines is 2. The van der Waals surface area contributed by atoms with E-state index in [0.29, 0.717) is 30.0 Å². The van der Waals surface area contributed by atoms with Crippen molar-refractivity contribution in [1.29, 1.82) is 0 Å².